The standard InChI is InChI=1S/C3H8N2O4/c1-3-8-5(2,7)9-4-6/h3H2,1-2H3. The van der Waals surface area contributed by atoms with E-state index in [9.17, 15) is 10.1 Å². The molecule has 0 aliphatic heterocycles. The van der Waals surface area contributed by atoms with E-state index >= 15 is 0 Å². The minimum atomic E-state index is -1.54. The van der Waals surface area contributed by atoms with Crippen molar-refractivity contribution in [3.63, 3.8) is 0 Å². The second kappa shape index (κ2) is 3.33. The van der Waals surface area contributed by atoms with Gasteiger partial charge in [0, 0.05) is 4.97 Å². The maximum atomic E-state index is 10.5. The van der Waals surface area contributed by atoms with Gasteiger partial charge in [-0.05, 0) is 6.92 Å². The molecule has 0 N–H and O–H groups in total. The highest BCUT2D eigenvalue weighted by Gasteiger charge is 2.12. The number of hydrogen-bond acceptors (Lipinski definition) is 5. The van der Waals surface area contributed by atoms with Gasteiger partial charge in [-0.15, -0.1) is 9.85 Å². The monoisotopic (exact) mass is 136 g/mol. The quantitative estimate of drug-likeness (QED) is 0.320. The molecule has 1 atom stereocenters. The molecule has 0 aromatic rings. The Labute approximate surface area is 52.0 Å². The SMILES string of the molecule is CCO[N+](C)([O-])ON=O. The molecule has 0 radical (unpaired) electrons. The van der Waals surface area contributed by atoms with Crippen molar-refractivity contribution in [2.24, 2.45) is 5.34 Å². The number of nitrogens with zero attached hydrogens (tertiary/aromatic N) is 2. The fraction of sp³-hybridized carbons (Fsp3) is 1.00. The summed E-state index contributed by atoms with van der Waals surface area (Å²) >= 11 is 0. The molecule has 0 saturated heterocycles. The van der Waals surface area contributed by atoms with Gasteiger partial charge < -0.3 is 5.21 Å². The van der Waals surface area contributed by atoms with Crippen molar-refractivity contribution in [2.45, 2.75) is 6.92 Å². The largest absolute Gasteiger partial charge is 0.553 e. The smallest absolute Gasteiger partial charge is 0.217 e. The molecular formula is C3H8N2O4. The van der Waals surface area contributed by atoms with Crippen LogP contribution in [0.15, 0.2) is 5.34 Å². The van der Waals surface area contributed by atoms with Crippen LogP contribution in [0.25, 0.3) is 0 Å². The van der Waals surface area contributed by atoms with Crippen molar-refractivity contribution in [1.82, 2.24) is 0 Å². The van der Waals surface area contributed by atoms with Crippen molar-refractivity contribution in [3.8, 4) is 0 Å². The zero-order valence-corrected chi connectivity index (χ0v) is 5.23. The molecule has 0 aliphatic carbocycles. The Kier molecular flexibility index (Phi) is 3.07. The van der Waals surface area contributed by atoms with E-state index in [2.05, 4.69) is 9.78 Å². The van der Waals surface area contributed by atoms with Crippen LogP contribution >= 0.6 is 0 Å². The summed E-state index contributed by atoms with van der Waals surface area (Å²) in [5.74, 6) is 0. The molecule has 0 saturated carbocycles. The Bertz CT molecular complexity index is 93.8. The van der Waals surface area contributed by atoms with Crippen LogP contribution in [-0.4, -0.2) is 18.6 Å². The minimum absolute atomic E-state index is 0.162. The van der Waals surface area contributed by atoms with Crippen LogP contribution in [0, 0.1) is 10.1 Å². The molecule has 1 unspecified atom stereocenters. The molecule has 6 heteroatoms. The first kappa shape index (κ1) is 8.28. The van der Waals surface area contributed by atoms with Crippen LogP contribution in [0.3, 0.4) is 0 Å². The fourth-order valence-electron chi connectivity index (χ4n) is 0.319. The van der Waals surface area contributed by atoms with Gasteiger partial charge in [0.15, 0.2) is 0 Å². The zero-order chi connectivity index (χ0) is 7.33. The van der Waals surface area contributed by atoms with Crippen molar-refractivity contribution >= 4 is 0 Å². The molecule has 6 nitrogen and oxygen atoms in total. The van der Waals surface area contributed by atoms with Gasteiger partial charge in [0.05, 0.1) is 0 Å². The van der Waals surface area contributed by atoms with E-state index in [-0.39, 0.29) is 6.61 Å². The molecule has 9 heavy (non-hydrogen) atoms. The van der Waals surface area contributed by atoms with E-state index in [4.69, 9.17) is 0 Å². The first-order valence-electron chi connectivity index (χ1n) is 2.36. The van der Waals surface area contributed by atoms with Crippen LogP contribution < -0.4 is 0 Å². The minimum Gasteiger partial charge on any atom is -0.553 e. The molecule has 0 aromatic carbocycles. The molecule has 0 bridgehead atoms. The lowest BCUT2D eigenvalue weighted by Crippen LogP contribution is -2.35. The van der Waals surface area contributed by atoms with E-state index in [1.807, 2.05) is 5.34 Å². The van der Waals surface area contributed by atoms with E-state index in [0.29, 0.717) is 0 Å². The van der Waals surface area contributed by atoms with Gasteiger partial charge in [0.1, 0.15) is 13.7 Å². The Morgan fingerprint density at radius 1 is 1.78 bits per heavy atom. The molecule has 0 aliphatic rings. The Balaban J connectivity index is 3.55. The third kappa shape index (κ3) is 3.83. The molecule has 0 rings (SSSR count). The summed E-state index contributed by atoms with van der Waals surface area (Å²) in [6.07, 6.45) is 0. The van der Waals surface area contributed by atoms with E-state index in [1.165, 1.54) is 0 Å². The normalized spacial score (nSPS) is 16.3. The highest BCUT2D eigenvalue weighted by molar-refractivity contribution is 4.02. The third-order valence-corrected chi connectivity index (χ3v) is 0.545. The second-order valence-electron chi connectivity index (χ2n) is 1.35. The maximum Gasteiger partial charge on any atom is 0.217 e. The van der Waals surface area contributed by atoms with Gasteiger partial charge in [-0.25, -0.2) is 0 Å². The topological polar surface area (TPSA) is 70.9 Å². The fourth-order valence-corrected chi connectivity index (χ4v) is 0.319. The van der Waals surface area contributed by atoms with Crippen molar-refractivity contribution < 1.29 is 14.7 Å². The average molecular weight is 136 g/mol. The van der Waals surface area contributed by atoms with E-state index in [0.717, 1.165) is 7.05 Å². The number of quaternary nitrogens is 1. The first-order chi connectivity index (χ1) is 4.12. The van der Waals surface area contributed by atoms with Gasteiger partial charge in [0.2, 0.25) is 5.34 Å². The van der Waals surface area contributed by atoms with Crippen molar-refractivity contribution in [2.75, 3.05) is 13.7 Å². The Morgan fingerprint density at radius 3 is 2.67 bits per heavy atom. The number of rotatable bonds is 4. The van der Waals surface area contributed by atoms with E-state index in [1.54, 1.807) is 6.92 Å². The Morgan fingerprint density at radius 2 is 2.33 bits per heavy atom. The lowest BCUT2D eigenvalue weighted by Gasteiger charge is -2.24. The van der Waals surface area contributed by atoms with Crippen molar-refractivity contribution in [3.05, 3.63) is 10.1 Å². The first-order valence-corrected chi connectivity index (χ1v) is 2.36. The summed E-state index contributed by atoms with van der Waals surface area (Å²) in [7, 11) is 1.00. The summed E-state index contributed by atoms with van der Waals surface area (Å²) in [6.45, 7) is 1.76. The molecule has 54 valence electrons. The van der Waals surface area contributed by atoms with Crippen LogP contribution in [0.1, 0.15) is 6.92 Å². The van der Waals surface area contributed by atoms with Crippen LogP contribution in [0.4, 0.5) is 0 Å². The lowest BCUT2D eigenvalue weighted by atomic mass is 10.9. The predicted octanol–water partition coefficient (Wildman–Crippen LogP) is 0.495. The van der Waals surface area contributed by atoms with Gasteiger partial charge in [-0.1, -0.05) is 0 Å². The number of hydrogen-bond donors (Lipinski definition) is 0. The number of hydroxylamine groups is 3. The molecule has 0 fully saturated rings. The van der Waals surface area contributed by atoms with Crippen LogP contribution in [-0.2, 0) is 9.78 Å². The van der Waals surface area contributed by atoms with Crippen LogP contribution in [0.5, 0.6) is 0 Å². The highest BCUT2D eigenvalue weighted by atomic mass is 17.2. The Hall–Kier alpha value is -0.720. The molecule has 0 aromatic heterocycles. The molecule has 0 amide bonds. The maximum absolute atomic E-state index is 10.5. The summed E-state index contributed by atoms with van der Waals surface area (Å²) < 4.78 is 0. The molecule has 0 spiro atoms. The predicted molar refractivity (Wildman–Crippen MR) is 28.1 cm³/mol. The summed E-state index contributed by atoms with van der Waals surface area (Å²) in [5, 5.41) is 12.4. The van der Waals surface area contributed by atoms with Crippen LogP contribution in [0.2, 0.25) is 0 Å². The average Bonchev–Trinajstić information content (AvgIpc) is 1.64. The summed E-state index contributed by atoms with van der Waals surface area (Å²) in [4.78, 5) is 15.8. The van der Waals surface area contributed by atoms with Gasteiger partial charge in [-0.3, -0.25) is 0 Å². The van der Waals surface area contributed by atoms with Crippen molar-refractivity contribution in [1.29, 1.82) is 0 Å². The molecule has 0 heterocycles. The third-order valence-electron chi connectivity index (χ3n) is 0.545. The lowest BCUT2D eigenvalue weighted by molar-refractivity contribution is -1.20. The van der Waals surface area contributed by atoms with Gasteiger partial charge in [0.25, 0.3) is 0 Å². The summed E-state index contributed by atoms with van der Waals surface area (Å²) in [6, 6.07) is 0. The second-order valence-corrected chi connectivity index (χ2v) is 1.35. The highest BCUT2D eigenvalue weighted by Crippen LogP contribution is 2.01. The summed E-state index contributed by atoms with van der Waals surface area (Å²) in [5.41, 5.74) is 0. The zero-order valence-electron chi connectivity index (χ0n) is 5.23. The van der Waals surface area contributed by atoms with E-state index < -0.39 is 4.97 Å². The molecular weight excluding hydrogens is 128 g/mol. The van der Waals surface area contributed by atoms with Gasteiger partial charge in [-0.2, -0.15) is 4.84 Å². The van der Waals surface area contributed by atoms with Gasteiger partial charge >= 0.3 is 0 Å².